The van der Waals surface area contributed by atoms with E-state index in [1.807, 2.05) is 12.1 Å². The number of carbonyl (C=O) groups excluding carboxylic acids is 1. The molecule has 164 valence electrons. The van der Waals surface area contributed by atoms with Crippen LogP contribution in [0, 0.1) is 0 Å². The zero-order chi connectivity index (χ0) is 22.9. The number of nitrogens with one attached hydrogen (secondary N) is 1. The fraction of sp³-hybridized carbons (Fsp3) is 0.136. The van der Waals surface area contributed by atoms with Gasteiger partial charge in [0, 0.05) is 10.9 Å². The molecule has 0 radical (unpaired) electrons. The maximum atomic E-state index is 13.1. The van der Waals surface area contributed by atoms with Crippen molar-refractivity contribution in [2.24, 2.45) is 0 Å². The predicted molar refractivity (Wildman–Crippen MR) is 116 cm³/mol. The maximum Gasteiger partial charge on any atom is 0.418 e. The summed E-state index contributed by atoms with van der Waals surface area (Å²) in [6.07, 6.45) is -3.39. The number of hydrogen-bond donors (Lipinski definition) is 1. The number of aromatic nitrogens is 2. The monoisotopic (exact) mass is 459 g/mol. The second-order valence-corrected chi connectivity index (χ2v) is 7.70. The molecule has 32 heavy (non-hydrogen) atoms. The Morgan fingerprint density at radius 3 is 2.56 bits per heavy atom. The summed E-state index contributed by atoms with van der Waals surface area (Å²) in [5.74, 6) is -0.0707. The fourth-order valence-electron chi connectivity index (χ4n) is 3.21. The highest BCUT2D eigenvalue weighted by atomic mass is 32.1. The Balaban J connectivity index is 1.59. The first-order valence-corrected chi connectivity index (χ1v) is 10.2. The zero-order valence-electron chi connectivity index (χ0n) is 16.6. The summed E-state index contributed by atoms with van der Waals surface area (Å²) in [6, 6.07) is 11.9. The highest BCUT2D eigenvalue weighted by Gasteiger charge is 2.33. The van der Waals surface area contributed by atoms with E-state index in [1.165, 1.54) is 29.8 Å². The predicted octanol–water partition coefficient (Wildman–Crippen LogP) is 4.79. The Labute approximate surface area is 183 Å². The van der Waals surface area contributed by atoms with E-state index in [1.54, 1.807) is 24.6 Å². The van der Waals surface area contributed by atoms with E-state index in [9.17, 15) is 22.8 Å². The van der Waals surface area contributed by atoms with Crippen molar-refractivity contribution in [2.45, 2.75) is 12.7 Å². The van der Waals surface area contributed by atoms with Gasteiger partial charge in [-0.15, -0.1) is 11.3 Å². The Hall–Kier alpha value is -3.66. The average Bonchev–Trinajstić information content (AvgIpc) is 3.20. The number of alkyl halides is 3. The number of halogens is 3. The van der Waals surface area contributed by atoms with Crippen molar-refractivity contribution < 1.29 is 22.7 Å². The molecule has 0 saturated heterocycles. The maximum absolute atomic E-state index is 13.1. The summed E-state index contributed by atoms with van der Waals surface area (Å²) < 4.78 is 45.9. The number of para-hydroxylation sites is 1. The second-order valence-electron chi connectivity index (χ2n) is 6.82. The smallest absolute Gasteiger partial charge is 0.418 e. The van der Waals surface area contributed by atoms with E-state index in [4.69, 9.17) is 4.74 Å². The number of rotatable bonds is 5. The minimum atomic E-state index is -4.62. The van der Waals surface area contributed by atoms with E-state index >= 15 is 0 Å². The van der Waals surface area contributed by atoms with Gasteiger partial charge in [0.1, 0.15) is 17.0 Å². The number of hydrogen-bond acceptors (Lipinski definition) is 5. The molecular formula is C22H16F3N3O3S. The van der Waals surface area contributed by atoms with Gasteiger partial charge in [-0.3, -0.25) is 14.2 Å². The number of benzene rings is 2. The van der Waals surface area contributed by atoms with Crippen LogP contribution in [0.15, 0.2) is 65.0 Å². The van der Waals surface area contributed by atoms with Gasteiger partial charge in [-0.05, 0) is 29.8 Å². The molecule has 0 atom stereocenters. The molecule has 1 amide bonds. The van der Waals surface area contributed by atoms with Gasteiger partial charge in [-0.2, -0.15) is 13.2 Å². The number of anilines is 1. The van der Waals surface area contributed by atoms with Gasteiger partial charge < -0.3 is 10.1 Å². The standard InChI is InChI=1S/C22H16F3N3O3S/c1-31-14-8-6-13(7-9-14)15-11-32-20-19(15)26-12-28(21(20)30)10-18(29)27-17-5-3-2-4-16(17)22(23,24)25/h2-9,11-12H,10H2,1H3,(H,27,29). The molecule has 10 heteroatoms. The Kier molecular flexibility index (Phi) is 5.70. The van der Waals surface area contributed by atoms with Gasteiger partial charge in [0.05, 0.1) is 30.2 Å². The van der Waals surface area contributed by atoms with Crippen molar-refractivity contribution >= 4 is 33.1 Å². The molecule has 2 heterocycles. The minimum absolute atomic E-state index is 0.349. The molecule has 0 aliphatic carbocycles. The molecule has 2 aromatic carbocycles. The van der Waals surface area contributed by atoms with Gasteiger partial charge in [-0.25, -0.2) is 4.98 Å². The first kappa shape index (κ1) is 21.6. The van der Waals surface area contributed by atoms with E-state index in [-0.39, 0.29) is 5.69 Å². The van der Waals surface area contributed by atoms with Crippen molar-refractivity contribution in [3.8, 4) is 16.9 Å². The van der Waals surface area contributed by atoms with E-state index in [0.29, 0.717) is 16.0 Å². The Morgan fingerprint density at radius 2 is 1.88 bits per heavy atom. The zero-order valence-corrected chi connectivity index (χ0v) is 17.5. The number of fused-ring (bicyclic) bond motifs is 1. The van der Waals surface area contributed by atoms with Crippen LogP contribution >= 0.6 is 11.3 Å². The van der Waals surface area contributed by atoms with E-state index < -0.39 is 29.8 Å². The highest BCUT2D eigenvalue weighted by Crippen LogP contribution is 2.34. The number of carbonyl (C=O) groups is 1. The SMILES string of the molecule is COc1ccc(-c2csc3c(=O)n(CC(=O)Nc4ccccc4C(F)(F)F)cnc23)cc1. The molecule has 1 N–H and O–H groups in total. The minimum Gasteiger partial charge on any atom is -0.497 e. The molecule has 0 aliphatic heterocycles. The summed E-state index contributed by atoms with van der Waals surface area (Å²) >= 11 is 1.19. The third kappa shape index (κ3) is 4.22. The highest BCUT2D eigenvalue weighted by molar-refractivity contribution is 7.17. The number of thiophene rings is 1. The van der Waals surface area contributed by atoms with Crippen LogP contribution in [0.4, 0.5) is 18.9 Å². The number of nitrogens with zero attached hydrogens (tertiary/aromatic N) is 2. The summed E-state index contributed by atoms with van der Waals surface area (Å²) in [5, 5.41) is 4.02. The molecule has 0 spiro atoms. The van der Waals surface area contributed by atoms with Crippen LogP contribution in [0.1, 0.15) is 5.56 Å². The number of methoxy groups -OCH3 is 1. The summed E-state index contributed by atoms with van der Waals surface area (Å²) in [4.78, 5) is 29.5. The first-order valence-electron chi connectivity index (χ1n) is 9.35. The molecule has 0 unspecified atom stereocenters. The summed E-state index contributed by atoms with van der Waals surface area (Å²) in [7, 11) is 1.57. The van der Waals surface area contributed by atoms with Gasteiger partial charge in [0.2, 0.25) is 5.91 Å². The molecule has 0 aliphatic rings. The Morgan fingerprint density at radius 1 is 1.16 bits per heavy atom. The quantitative estimate of drug-likeness (QED) is 0.466. The Bertz CT molecular complexity index is 1340. The fourth-order valence-corrected chi connectivity index (χ4v) is 4.19. The molecule has 0 saturated carbocycles. The summed E-state index contributed by atoms with van der Waals surface area (Å²) in [6.45, 7) is -0.469. The largest absolute Gasteiger partial charge is 0.497 e. The lowest BCUT2D eigenvalue weighted by atomic mass is 10.1. The van der Waals surface area contributed by atoms with Gasteiger partial charge in [-0.1, -0.05) is 24.3 Å². The molecule has 2 aromatic heterocycles. The average molecular weight is 459 g/mol. The van der Waals surface area contributed by atoms with Crippen molar-refractivity contribution in [1.29, 1.82) is 0 Å². The molecular weight excluding hydrogens is 443 g/mol. The third-order valence-corrected chi connectivity index (χ3v) is 5.72. The van der Waals surface area contributed by atoms with Crippen LogP contribution in [-0.4, -0.2) is 22.6 Å². The van der Waals surface area contributed by atoms with Crippen molar-refractivity contribution in [3.63, 3.8) is 0 Å². The van der Waals surface area contributed by atoms with Gasteiger partial charge in [0.15, 0.2) is 0 Å². The van der Waals surface area contributed by atoms with Crippen LogP contribution in [0.2, 0.25) is 0 Å². The van der Waals surface area contributed by atoms with Crippen molar-refractivity contribution in [3.05, 3.63) is 76.2 Å². The van der Waals surface area contributed by atoms with Crippen LogP contribution < -0.4 is 15.6 Å². The van der Waals surface area contributed by atoms with Crippen LogP contribution in [-0.2, 0) is 17.5 Å². The van der Waals surface area contributed by atoms with E-state index in [0.717, 1.165) is 27.8 Å². The second kappa shape index (κ2) is 8.46. The molecule has 4 aromatic rings. The normalized spacial score (nSPS) is 11.5. The topological polar surface area (TPSA) is 73.2 Å². The number of ether oxygens (including phenoxy) is 1. The number of amides is 1. The van der Waals surface area contributed by atoms with E-state index in [2.05, 4.69) is 10.3 Å². The molecule has 0 fully saturated rings. The lowest BCUT2D eigenvalue weighted by Crippen LogP contribution is -2.28. The van der Waals surface area contributed by atoms with Crippen molar-refractivity contribution in [2.75, 3.05) is 12.4 Å². The van der Waals surface area contributed by atoms with Gasteiger partial charge in [0.25, 0.3) is 5.56 Å². The summed E-state index contributed by atoms with van der Waals surface area (Å²) in [5.41, 5.74) is 0.327. The van der Waals surface area contributed by atoms with Crippen LogP contribution in [0.25, 0.3) is 21.3 Å². The van der Waals surface area contributed by atoms with Crippen LogP contribution in [0.3, 0.4) is 0 Å². The molecule has 4 rings (SSSR count). The van der Waals surface area contributed by atoms with Crippen LogP contribution in [0.5, 0.6) is 5.75 Å². The first-order chi connectivity index (χ1) is 15.3. The van der Waals surface area contributed by atoms with Gasteiger partial charge >= 0.3 is 6.18 Å². The molecule has 0 bridgehead atoms. The van der Waals surface area contributed by atoms with Crippen molar-refractivity contribution in [1.82, 2.24) is 9.55 Å². The molecule has 6 nitrogen and oxygen atoms in total. The third-order valence-electron chi connectivity index (χ3n) is 4.77. The lowest BCUT2D eigenvalue weighted by Gasteiger charge is -2.13. The lowest BCUT2D eigenvalue weighted by molar-refractivity contribution is -0.137.